The van der Waals surface area contributed by atoms with E-state index in [-0.39, 0.29) is 24.3 Å². The van der Waals surface area contributed by atoms with Gasteiger partial charge >= 0.3 is 0 Å². The summed E-state index contributed by atoms with van der Waals surface area (Å²) in [7, 11) is 1.59. The lowest BCUT2D eigenvalue weighted by Crippen LogP contribution is -2.30. The number of benzene rings is 2. The summed E-state index contributed by atoms with van der Waals surface area (Å²) in [6.07, 6.45) is 0.781. The van der Waals surface area contributed by atoms with Crippen LogP contribution in [-0.2, 0) is 22.6 Å². The zero-order chi connectivity index (χ0) is 21.8. The lowest BCUT2D eigenvalue weighted by molar-refractivity contribution is -0.130. The quantitative estimate of drug-likeness (QED) is 0.551. The Morgan fingerprint density at radius 3 is 2.55 bits per heavy atom. The zero-order valence-electron chi connectivity index (χ0n) is 17.2. The van der Waals surface area contributed by atoms with Gasteiger partial charge in [0.05, 0.1) is 18.7 Å². The first kappa shape index (κ1) is 20.9. The number of ketones is 1. The Morgan fingerprint density at radius 2 is 1.84 bits per heavy atom. The summed E-state index contributed by atoms with van der Waals surface area (Å²) in [4.78, 5) is 28.6. The van der Waals surface area contributed by atoms with Gasteiger partial charge in [-0.15, -0.1) is 11.3 Å². The number of aliphatic hydroxyl groups excluding tert-OH is 1. The van der Waals surface area contributed by atoms with Crippen LogP contribution in [0.25, 0.3) is 0 Å². The number of amides is 1. The van der Waals surface area contributed by atoms with Gasteiger partial charge in [-0.3, -0.25) is 9.59 Å². The Kier molecular flexibility index (Phi) is 6.18. The van der Waals surface area contributed by atoms with Crippen LogP contribution >= 0.6 is 11.3 Å². The smallest absolute Gasteiger partial charge is 0.290 e. The van der Waals surface area contributed by atoms with E-state index in [2.05, 4.69) is 0 Å². The van der Waals surface area contributed by atoms with Crippen molar-refractivity contribution in [2.45, 2.75) is 25.4 Å². The predicted molar refractivity (Wildman–Crippen MR) is 120 cm³/mol. The van der Waals surface area contributed by atoms with Crippen molar-refractivity contribution in [2.75, 3.05) is 7.11 Å². The fourth-order valence-electron chi connectivity index (χ4n) is 3.85. The third kappa shape index (κ3) is 4.39. The number of hydrogen-bond donors (Lipinski definition) is 1. The van der Waals surface area contributed by atoms with Crippen molar-refractivity contribution in [1.82, 2.24) is 4.90 Å². The second-order valence-electron chi connectivity index (χ2n) is 7.37. The summed E-state index contributed by atoms with van der Waals surface area (Å²) in [5, 5.41) is 12.6. The van der Waals surface area contributed by atoms with Crippen LogP contribution in [0.5, 0.6) is 5.75 Å². The van der Waals surface area contributed by atoms with Crippen LogP contribution < -0.4 is 4.74 Å². The molecule has 2 aromatic carbocycles. The Labute approximate surface area is 185 Å². The van der Waals surface area contributed by atoms with Gasteiger partial charge in [-0.25, -0.2) is 0 Å². The first-order valence-corrected chi connectivity index (χ1v) is 10.9. The number of carbonyl (C=O) groups is 2. The van der Waals surface area contributed by atoms with Crippen LogP contribution in [0.4, 0.5) is 0 Å². The van der Waals surface area contributed by atoms with Gasteiger partial charge in [0.15, 0.2) is 11.5 Å². The fourth-order valence-corrected chi connectivity index (χ4v) is 4.69. The van der Waals surface area contributed by atoms with Gasteiger partial charge in [0, 0.05) is 17.8 Å². The number of Topliss-reactive ketones (excluding diaryl/α,β-unsaturated/α-hetero) is 1. The first-order chi connectivity index (χ1) is 15.1. The van der Waals surface area contributed by atoms with Crippen molar-refractivity contribution in [3.8, 4) is 5.75 Å². The maximum absolute atomic E-state index is 13.2. The van der Waals surface area contributed by atoms with Gasteiger partial charge in [0.25, 0.3) is 5.91 Å². The number of methoxy groups -OCH3 is 1. The van der Waals surface area contributed by atoms with Crippen LogP contribution in [0, 0.1) is 0 Å². The highest BCUT2D eigenvalue weighted by atomic mass is 32.1. The molecule has 31 heavy (non-hydrogen) atoms. The molecule has 1 amide bonds. The number of rotatable bonds is 8. The number of nitrogens with zero attached hydrogens (tertiary/aromatic N) is 1. The molecule has 1 aliphatic heterocycles. The summed E-state index contributed by atoms with van der Waals surface area (Å²) in [6.45, 7) is 0.262. The molecule has 5 nitrogen and oxygen atoms in total. The molecule has 0 fully saturated rings. The summed E-state index contributed by atoms with van der Waals surface area (Å²) >= 11 is 1.47. The first-order valence-electron chi connectivity index (χ1n) is 10.1. The Bertz CT molecular complexity index is 1110. The molecule has 1 N–H and O–H groups in total. The highest BCUT2D eigenvalue weighted by Gasteiger charge is 2.43. The van der Waals surface area contributed by atoms with Crippen molar-refractivity contribution in [2.24, 2.45) is 0 Å². The minimum Gasteiger partial charge on any atom is -0.503 e. The molecule has 4 rings (SSSR count). The zero-order valence-corrected chi connectivity index (χ0v) is 18.0. The van der Waals surface area contributed by atoms with Crippen molar-refractivity contribution < 1.29 is 19.4 Å². The standard InChI is InChI=1S/C25H23NO4S/c1-30-19-10-5-9-18(15-19)16-26-23(21-11-6-14-31-21)22(24(28)25(26)29)20(27)13-12-17-7-3-2-4-8-17/h2-11,14-15,23,28H,12-13,16H2,1H3. The molecule has 158 valence electrons. The highest BCUT2D eigenvalue weighted by molar-refractivity contribution is 7.10. The van der Waals surface area contributed by atoms with Crippen molar-refractivity contribution in [3.05, 3.63) is 99.4 Å². The van der Waals surface area contributed by atoms with E-state index in [1.54, 1.807) is 12.0 Å². The molecular formula is C25H23NO4S. The maximum atomic E-state index is 13.2. The van der Waals surface area contributed by atoms with Gasteiger partial charge in [-0.05, 0) is 41.1 Å². The average Bonchev–Trinajstić information content (AvgIpc) is 3.41. The Hall–Kier alpha value is -3.38. The molecule has 1 unspecified atom stereocenters. The summed E-state index contributed by atoms with van der Waals surface area (Å²) in [5.74, 6) is -0.488. The molecule has 3 aromatic rings. The van der Waals surface area contributed by atoms with E-state index in [1.165, 1.54) is 11.3 Å². The van der Waals surface area contributed by atoms with E-state index < -0.39 is 17.7 Å². The molecule has 2 heterocycles. The molecule has 0 saturated heterocycles. The third-order valence-corrected chi connectivity index (χ3v) is 6.31. The molecule has 0 saturated carbocycles. The van der Waals surface area contributed by atoms with E-state index >= 15 is 0 Å². The minimum atomic E-state index is -0.595. The molecule has 0 aliphatic carbocycles. The second kappa shape index (κ2) is 9.18. The van der Waals surface area contributed by atoms with Crippen molar-refractivity contribution in [1.29, 1.82) is 0 Å². The van der Waals surface area contributed by atoms with Gasteiger partial charge in [0.2, 0.25) is 0 Å². The topological polar surface area (TPSA) is 66.8 Å². The van der Waals surface area contributed by atoms with Crippen molar-refractivity contribution >= 4 is 23.0 Å². The molecule has 1 atom stereocenters. The summed E-state index contributed by atoms with van der Waals surface area (Å²) < 4.78 is 5.28. The molecule has 0 bridgehead atoms. The van der Waals surface area contributed by atoms with Crippen LogP contribution in [-0.4, -0.2) is 28.8 Å². The van der Waals surface area contributed by atoms with E-state index in [9.17, 15) is 14.7 Å². The predicted octanol–water partition coefficient (Wildman–Crippen LogP) is 4.85. The average molecular weight is 434 g/mol. The number of hydrogen-bond acceptors (Lipinski definition) is 5. The Balaban J connectivity index is 1.62. The highest BCUT2D eigenvalue weighted by Crippen LogP contribution is 2.41. The van der Waals surface area contributed by atoms with E-state index in [0.29, 0.717) is 12.2 Å². The molecule has 0 radical (unpaired) electrons. The van der Waals surface area contributed by atoms with Gasteiger partial charge in [-0.1, -0.05) is 48.5 Å². The molecule has 0 spiro atoms. The third-order valence-electron chi connectivity index (χ3n) is 5.39. The van der Waals surface area contributed by atoms with Crippen LogP contribution in [0.2, 0.25) is 0 Å². The number of thiophene rings is 1. The monoisotopic (exact) mass is 433 g/mol. The molecule has 1 aromatic heterocycles. The van der Waals surface area contributed by atoms with Crippen LogP contribution in [0.15, 0.2) is 83.4 Å². The van der Waals surface area contributed by atoms with Gasteiger partial charge < -0.3 is 14.7 Å². The van der Waals surface area contributed by atoms with E-state index in [1.807, 2.05) is 72.1 Å². The number of aryl methyl sites for hydroxylation is 1. The molecule has 6 heteroatoms. The molecule has 1 aliphatic rings. The lowest BCUT2D eigenvalue weighted by Gasteiger charge is -2.26. The van der Waals surface area contributed by atoms with Crippen LogP contribution in [0.1, 0.15) is 28.5 Å². The summed E-state index contributed by atoms with van der Waals surface area (Å²) in [6, 6.07) is 20.3. The van der Waals surface area contributed by atoms with Crippen molar-refractivity contribution in [3.63, 3.8) is 0 Å². The minimum absolute atomic E-state index is 0.186. The SMILES string of the molecule is COc1cccc(CN2C(=O)C(O)=C(C(=O)CCc3ccccc3)C2c2cccs2)c1. The van der Waals surface area contributed by atoms with E-state index in [4.69, 9.17) is 4.74 Å². The van der Waals surface area contributed by atoms with E-state index in [0.717, 1.165) is 16.0 Å². The van der Waals surface area contributed by atoms with Crippen LogP contribution in [0.3, 0.4) is 0 Å². The molecular weight excluding hydrogens is 410 g/mol. The summed E-state index contributed by atoms with van der Waals surface area (Å²) in [5.41, 5.74) is 2.09. The second-order valence-corrected chi connectivity index (χ2v) is 8.35. The van der Waals surface area contributed by atoms with Gasteiger partial charge in [0.1, 0.15) is 5.75 Å². The normalized spacial score (nSPS) is 16.1. The van der Waals surface area contributed by atoms with Gasteiger partial charge in [-0.2, -0.15) is 0 Å². The number of aliphatic hydroxyl groups is 1. The lowest BCUT2D eigenvalue weighted by atomic mass is 9.97. The largest absolute Gasteiger partial charge is 0.503 e. The fraction of sp³-hybridized carbons (Fsp3) is 0.200. The maximum Gasteiger partial charge on any atom is 0.290 e. The number of carbonyl (C=O) groups excluding carboxylic acids is 2. The number of ether oxygens (including phenoxy) is 1. The Morgan fingerprint density at radius 1 is 1.06 bits per heavy atom.